The van der Waals surface area contributed by atoms with Gasteiger partial charge in [0.05, 0.1) is 0 Å². The van der Waals surface area contributed by atoms with Gasteiger partial charge in [-0.15, -0.1) is 0 Å². The van der Waals surface area contributed by atoms with Crippen molar-refractivity contribution in [3.05, 3.63) is 29.8 Å². The van der Waals surface area contributed by atoms with Crippen molar-refractivity contribution in [2.75, 3.05) is 19.4 Å². The van der Waals surface area contributed by atoms with Crippen molar-refractivity contribution in [2.45, 2.75) is 12.5 Å². The monoisotopic (exact) mass is 206 g/mol. The normalized spacial score (nSPS) is 25.5. The quantitative estimate of drug-likeness (QED) is 0.709. The van der Waals surface area contributed by atoms with Crippen LogP contribution >= 0.6 is 0 Å². The molecule has 0 aromatic heterocycles. The molecule has 1 aromatic rings. The van der Waals surface area contributed by atoms with E-state index in [1.54, 1.807) is 11.9 Å². The minimum absolute atomic E-state index is 0.283. The number of carbonyl (C=O) groups excluding carboxylic acids is 1. The molecule has 4 heteroatoms. The molecule has 15 heavy (non-hydrogen) atoms. The molecule has 1 fully saturated rings. The third-order valence-electron chi connectivity index (χ3n) is 3.02. The van der Waals surface area contributed by atoms with Crippen LogP contribution in [-0.4, -0.2) is 24.6 Å². The third-order valence-corrected chi connectivity index (χ3v) is 3.02. The third kappa shape index (κ3) is 1.42. The summed E-state index contributed by atoms with van der Waals surface area (Å²) in [6, 6.07) is 7.51. The van der Waals surface area contributed by atoms with Gasteiger partial charge in [0.2, 0.25) is 0 Å². The van der Waals surface area contributed by atoms with Crippen LogP contribution in [0.25, 0.3) is 0 Å². The minimum atomic E-state index is -0.384. The molecule has 1 saturated heterocycles. The predicted molar refractivity (Wildman–Crippen MR) is 57.3 cm³/mol. The summed E-state index contributed by atoms with van der Waals surface area (Å²) < 4.78 is 5.02. The van der Waals surface area contributed by atoms with E-state index in [0.717, 1.165) is 11.3 Å². The van der Waals surface area contributed by atoms with E-state index in [0.29, 0.717) is 6.61 Å². The van der Waals surface area contributed by atoms with Gasteiger partial charge in [0.1, 0.15) is 12.1 Å². The second-order valence-corrected chi connectivity index (χ2v) is 4.01. The number of cyclic esters (lactones) is 1. The number of nitrogen functional groups attached to an aromatic ring is 1. The first-order chi connectivity index (χ1) is 7.04. The van der Waals surface area contributed by atoms with Crippen molar-refractivity contribution in [1.82, 2.24) is 4.90 Å². The number of ether oxygens (including phenoxy) is 1. The molecule has 1 heterocycles. The van der Waals surface area contributed by atoms with Gasteiger partial charge in [-0.25, -0.2) is 4.79 Å². The average molecular weight is 206 g/mol. The highest BCUT2D eigenvalue weighted by Crippen LogP contribution is 2.33. The topological polar surface area (TPSA) is 55.6 Å². The van der Waals surface area contributed by atoms with E-state index in [2.05, 4.69) is 0 Å². The molecule has 1 aliphatic rings. The second-order valence-electron chi connectivity index (χ2n) is 4.01. The van der Waals surface area contributed by atoms with Gasteiger partial charge in [-0.1, -0.05) is 12.1 Å². The van der Waals surface area contributed by atoms with E-state index < -0.39 is 0 Å². The van der Waals surface area contributed by atoms with Crippen molar-refractivity contribution >= 4 is 11.8 Å². The van der Waals surface area contributed by atoms with E-state index in [1.807, 2.05) is 31.2 Å². The number of amides is 1. The van der Waals surface area contributed by atoms with Gasteiger partial charge in [0.25, 0.3) is 0 Å². The number of carbonyl (C=O) groups is 1. The lowest BCUT2D eigenvalue weighted by molar-refractivity contribution is 0.162. The van der Waals surface area contributed by atoms with Gasteiger partial charge in [-0.05, 0) is 24.6 Å². The van der Waals surface area contributed by atoms with Crippen molar-refractivity contribution < 1.29 is 9.53 Å². The van der Waals surface area contributed by atoms with Crippen LogP contribution in [0.3, 0.4) is 0 Å². The van der Waals surface area contributed by atoms with E-state index in [-0.39, 0.29) is 11.6 Å². The number of hydrogen-bond acceptors (Lipinski definition) is 3. The molecule has 1 aliphatic heterocycles. The van der Waals surface area contributed by atoms with Crippen LogP contribution < -0.4 is 5.73 Å². The van der Waals surface area contributed by atoms with E-state index in [4.69, 9.17) is 10.5 Å². The standard InChI is InChI=1S/C11H14N2O2/c1-11(7-15-10(14)13(11)2)8-3-5-9(12)6-4-8/h3-6H,7,12H2,1-2H3. The van der Waals surface area contributed by atoms with Gasteiger partial charge in [-0.2, -0.15) is 0 Å². The van der Waals surface area contributed by atoms with Crippen LogP contribution in [0.1, 0.15) is 12.5 Å². The van der Waals surface area contributed by atoms with Gasteiger partial charge in [0, 0.05) is 12.7 Å². The summed E-state index contributed by atoms with van der Waals surface area (Å²) in [5.41, 5.74) is 6.98. The van der Waals surface area contributed by atoms with Crippen molar-refractivity contribution in [2.24, 2.45) is 0 Å². The fourth-order valence-corrected chi connectivity index (χ4v) is 1.72. The molecule has 1 aromatic carbocycles. The van der Waals surface area contributed by atoms with Crippen molar-refractivity contribution in [3.8, 4) is 0 Å². The molecule has 2 rings (SSSR count). The van der Waals surface area contributed by atoms with Crippen LogP contribution in [0, 0.1) is 0 Å². The van der Waals surface area contributed by atoms with Gasteiger partial charge < -0.3 is 10.5 Å². The number of rotatable bonds is 1. The zero-order valence-corrected chi connectivity index (χ0v) is 8.86. The first-order valence-corrected chi connectivity index (χ1v) is 4.80. The Bertz CT molecular complexity index is 388. The van der Waals surface area contributed by atoms with E-state index in [1.165, 1.54) is 0 Å². The molecule has 2 N–H and O–H groups in total. The maximum atomic E-state index is 11.3. The molecule has 0 spiro atoms. The van der Waals surface area contributed by atoms with Gasteiger partial charge in [0.15, 0.2) is 0 Å². The highest BCUT2D eigenvalue weighted by Gasteiger charge is 2.42. The van der Waals surface area contributed by atoms with Crippen molar-refractivity contribution in [3.63, 3.8) is 0 Å². The Hall–Kier alpha value is -1.71. The maximum Gasteiger partial charge on any atom is 0.410 e. The first kappa shape index (κ1) is 9.83. The molecular formula is C11H14N2O2. The van der Waals surface area contributed by atoms with Crippen LogP contribution in [0.4, 0.5) is 10.5 Å². The highest BCUT2D eigenvalue weighted by molar-refractivity contribution is 5.71. The Kier molecular flexibility index (Phi) is 2.07. The Morgan fingerprint density at radius 3 is 2.47 bits per heavy atom. The van der Waals surface area contributed by atoms with Gasteiger partial charge in [-0.3, -0.25) is 4.90 Å². The molecule has 1 atom stereocenters. The van der Waals surface area contributed by atoms with Crippen LogP contribution in [0.5, 0.6) is 0 Å². The number of benzene rings is 1. The first-order valence-electron chi connectivity index (χ1n) is 4.80. The Morgan fingerprint density at radius 2 is 2.00 bits per heavy atom. The molecule has 0 aliphatic carbocycles. The number of likely N-dealkylation sites (N-methyl/N-ethyl adjacent to an activating group) is 1. The molecule has 80 valence electrons. The lowest BCUT2D eigenvalue weighted by Crippen LogP contribution is -2.39. The Labute approximate surface area is 88.6 Å². The SMILES string of the molecule is CN1C(=O)OCC1(C)c1ccc(N)cc1. The fraction of sp³-hybridized carbons (Fsp3) is 0.364. The molecule has 1 amide bonds. The summed E-state index contributed by atoms with van der Waals surface area (Å²) >= 11 is 0. The van der Waals surface area contributed by atoms with E-state index in [9.17, 15) is 4.79 Å². The number of nitrogens with two attached hydrogens (primary N) is 1. The number of anilines is 1. The largest absolute Gasteiger partial charge is 0.447 e. The summed E-state index contributed by atoms with van der Waals surface area (Å²) in [7, 11) is 1.74. The van der Waals surface area contributed by atoms with Crippen molar-refractivity contribution in [1.29, 1.82) is 0 Å². The number of nitrogens with zero attached hydrogens (tertiary/aromatic N) is 1. The summed E-state index contributed by atoms with van der Waals surface area (Å²) in [5.74, 6) is 0. The smallest absolute Gasteiger partial charge is 0.410 e. The summed E-state index contributed by atoms with van der Waals surface area (Å²) in [6.45, 7) is 2.36. The molecule has 0 bridgehead atoms. The zero-order chi connectivity index (χ0) is 11.1. The second kappa shape index (κ2) is 3.15. The maximum absolute atomic E-state index is 11.3. The highest BCUT2D eigenvalue weighted by atomic mass is 16.6. The summed E-state index contributed by atoms with van der Waals surface area (Å²) in [6.07, 6.45) is -0.283. The predicted octanol–water partition coefficient (Wildman–Crippen LogP) is 1.57. The molecule has 0 saturated carbocycles. The molecule has 1 unspecified atom stereocenters. The Balaban J connectivity index is 2.38. The molecule has 4 nitrogen and oxygen atoms in total. The summed E-state index contributed by atoms with van der Waals surface area (Å²) in [5, 5.41) is 0. The lowest BCUT2D eigenvalue weighted by Gasteiger charge is -2.29. The minimum Gasteiger partial charge on any atom is -0.447 e. The van der Waals surface area contributed by atoms with E-state index >= 15 is 0 Å². The Morgan fingerprint density at radius 1 is 1.40 bits per heavy atom. The van der Waals surface area contributed by atoms with Crippen LogP contribution in [-0.2, 0) is 10.3 Å². The van der Waals surface area contributed by atoms with Gasteiger partial charge >= 0.3 is 6.09 Å². The average Bonchev–Trinajstić information content (AvgIpc) is 2.48. The zero-order valence-electron chi connectivity index (χ0n) is 8.86. The molecule has 0 radical (unpaired) electrons. The number of hydrogen-bond donors (Lipinski definition) is 1. The van der Waals surface area contributed by atoms with Crippen LogP contribution in [0.2, 0.25) is 0 Å². The summed E-state index contributed by atoms with van der Waals surface area (Å²) in [4.78, 5) is 12.9. The fourth-order valence-electron chi connectivity index (χ4n) is 1.72. The molecular weight excluding hydrogens is 192 g/mol. The van der Waals surface area contributed by atoms with Crippen LogP contribution in [0.15, 0.2) is 24.3 Å². The lowest BCUT2D eigenvalue weighted by atomic mass is 9.92.